The second-order valence-corrected chi connectivity index (χ2v) is 5.25. The van der Waals surface area contributed by atoms with E-state index in [1.807, 2.05) is 24.3 Å². The van der Waals surface area contributed by atoms with Crippen molar-refractivity contribution < 1.29 is 13.7 Å². The van der Waals surface area contributed by atoms with Crippen LogP contribution in [0.3, 0.4) is 0 Å². The second-order valence-electron chi connectivity index (χ2n) is 5.25. The number of fused-ring (bicyclic) bond motifs is 2. The average molecular weight is 282 g/mol. The Bertz CT molecular complexity index is 783. The molecule has 0 radical (unpaired) electrons. The van der Waals surface area contributed by atoms with Gasteiger partial charge in [-0.1, -0.05) is 23.4 Å². The highest BCUT2D eigenvalue weighted by molar-refractivity contribution is 6.04. The van der Waals surface area contributed by atoms with Crippen molar-refractivity contribution in [1.29, 1.82) is 0 Å². The zero-order valence-electron chi connectivity index (χ0n) is 11.4. The molecule has 4 rings (SSSR count). The normalized spacial score (nSPS) is 14.1. The molecule has 1 N–H and O–H groups in total. The molecule has 0 saturated carbocycles. The molecule has 1 aliphatic carbocycles. The largest absolute Gasteiger partial charge is 0.451 e. The van der Waals surface area contributed by atoms with Crippen molar-refractivity contribution in [1.82, 2.24) is 5.16 Å². The minimum Gasteiger partial charge on any atom is -0.451 e. The summed E-state index contributed by atoms with van der Waals surface area (Å²) in [6.45, 7) is 0. The molecule has 5 nitrogen and oxygen atoms in total. The highest BCUT2D eigenvalue weighted by Gasteiger charge is 2.22. The number of carbonyl (C=O) groups excluding carboxylic acids is 1. The van der Waals surface area contributed by atoms with Crippen molar-refractivity contribution >= 4 is 22.8 Å². The van der Waals surface area contributed by atoms with Crippen LogP contribution in [0.15, 0.2) is 39.3 Å². The van der Waals surface area contributed by atoms with Gasteiger partial charge in [-0.25, -0.2) is 0 Å². The fraction of sp³-hybridized carbons (Fsp3) is 0.250. The van der Waals surface area contributed by atoms with Crippen LogP contribution in [0.1, 0.15) is 34.7 Å². The number of aryl methyl sites for hydroxylation is 1. The Kier molecular flexibility index (Phi) is 2.77. The number of rotatable bonds is 2. The predicted molar refractivity (Wildman–Crippen MR) is 77.3 cm³/mol. The molecule has 2 heterocycles. The first kappa shape index (κ1) is 12.2. The van der Waals surface area contributed by atoms with Gasteiger partial charge in [-0.2, -0.15) is 0 Å². The number of amides is 1. The molecule has 1 aliphatic rings. The van der Waals surface area contributed by atoms with Gasteiger partial charge in [-0.15, -0.1) is 0 Å². The van der Waals surface area contributed by atoms with Gasteiger partial charge in [0.25, 0.3) is 5.91 Å². The molecule has 0 bridgehead atoms. The molecule has 0 saturated heterocycles. The summed E-state index contributed by atoms with van der Waals surface area (Å²) in [5.74, 6) is 0.419. The number of hydrogen-bond acceptors (Lipinski definition) is 4. The number of carbonyl (C=O) groups is 1. The lowest BCUT2D eigenvalue weighted by molar-refractivity contribution is 0.0995. The van der Waals surface area contributed by atoms with Gasteiger partial charge in [-0.3, -0.25) is 10.1 Å². The maximum absolute atomic E-state index is 12.3. The third kappa shape index (κ3) is 2.11. The number of para-hydroxylation sites is 1. The molecule has 1 amide bonds. The van der Waals surface area contributed by atoms with Crippen LogP contribution in [0.5, 0.6) is 0 Å². The van der Waals surface area contributed by atoms with Crippen molar-refractivity contribution in [2.24, 2.45) is 0 Å². The van der Waals surface area contributed by atoms with Crippen LogP contribution in [0, 0.1) is 0 Å². The Hall–Kier alpha value is -2.56. The summed E-state index contributed by atoms with van der Waals surface area (Å²) < 4.78 is 10.8. The average Bonchev–Trinajstić information content (AvgIpc) is 3.11. The predicted octanol–water partition coefficient (Wildman–Crippen LogP) is 3.55. The quantitative estimate of drug-likeness (QED) is 0.780. The maximum atomic E-state index is 12.3. The zero-order chi connectivity index (χ0) is 14.2. The molecule has 0 spiro atoms. The fourth-order valence-electron chi connectivity index (χ4n) is 2.75. The van der Waals surface area contributed by atoms with Crippen LogP contribution in [0.4, 0.5) is 5.88 Å². The number of hydrogen-bond donors (Lipinski definition) is 1. The minimum atomic E-state index is -0.310. The van der Waals surface area contributed by atoms with Crippen LogP contribution in [0.25, 0.3) is 11.0 Å². The zero-order valence-corrected chi connectivity index (χ0v) is 11.4. The van der Waals surface area contributed by atoms with Crippen molar-refractivity contribution in [2.45, 2.75) is 25.7 Å². The van der Waals surface area contributed by atoms with E-state index >= 15 is 0 Å². The lowest BCUT2D eigenvalue weighted by atomic mass is 9.98. The number of nitrogens with one attached hydrogen (secondary N) is 1. The fourth-order valence-corrected chi connectivity index (χ4v) is 2.75. The number of nitrogens with zero attached hydrogens (tertiary/aromatic N) is 1. The summed E-state index contributed by atoms with van der Waals surface area (Å²) in [7, 11) is 0. The van der Waals surface area contributed by atoms with Gasteiger partial charge in [0.1, 0.15) is 5.58 Å². The van der Waals surface area contributed by atoms with Gasteiger partial charge < -0.3 is 8.94 Å². The third-order valence-electron chi connectivity index (χ3n) is 3.84. The van der Waals surface area contributed by atoms with Crippen LogP contribution < -0.4 is 5.32 Å². The van der Waals surface area contributed by atoms with Gasteiger partial charge in [0, 0.05) is 10.9 Å². The Labute approximate surface area is 120 Å². The van der Waals surface area contributed by atoms with Crippen molar-refractivity contribution in [2.75, 3.05) is 5.32 Å². The molecule has 3 aromatic rings. The van der Waals surface area contributed by atoms with Gasteiger partial charge in [0.2, 0.25) is 5.88 Å². The lowest BCUT2D eigenvalue weighted by Crippen LogP contribution is -2.12. The molecule has 5 heteroatoms. The first-order valence-electron chi connectivity index (χ1n) is 7.08. The Morgan fingerprint density at radius 2 is 2.05 bits per heavy atom. The highest BCUT2D eigenvalue weighted by atomic mass is 16.5. The number of anilines is 1. The topological polar surface area (TPSA) is 68.3 Å². The van der Waals surface area contributed by atoms with E-state index in [0.29, 0.717) is 11.5 Å². The third-order valence-corrected chi connectivity index (χ3v) is 3.84. The van der Waals surface area contributed by atoms with Crippen LogP contribution in [0.2, 0.25) is 0 Å². The number of benzene rings is 1. The monoisotopic (exact) mass is 282 g/mol. The Morgan fingerprint density at radius 1 is 1.19 bits per heavy atom. The molecule has 1 aromatic carbocycles. The van der Waals surface area contributed by atoms with Crippen molar-refractivity contribution in [3.8, 4) is 0 Å². The first-order valence-corrected chi connectivity index (χ1v) is 7.08. The summed E-state index contributed by atoms with van der Waals surface area (Å²) >= 11 is 0. The summed E-state index contributed by atoms with van der Waals surface area (Å²) in [4.78, 5) is 12.3. The molecule has 0 unspecified atom stereocenters. The second kappa shape index (κ2) is 4.77. The molecule has 0 aliphatic heterocycles. The SMILES string of the molecule is O=C(Nc1onc2c1CCCC2)c1cc2ccccc2o1. The number of furan rings is 1. The van der Waals surface area contributed by atoms with Crippen molar-refractivity contribution in [3.05, 3.63) is 47.3 Å². The van der Waals surface area contributed by atoms with Gasteiger partial charge in [-0.05, 0) is 37.8 Å². The summed E-state index contributed by atoms with van der Waals surface area (Å²) in [5.41, 5.74) is 2.68. The minimum absolute atomic E-state index is 0.275. The van der Waals surface area contributed by atoms with E-state index in [4.69, 9.17) is 8.94 Å². The lowest BCUT2D eigenvalue weighted by Gasteiger charge is -2.08. The van der Waals surface area contributed by atoms with Crippen LogP contribution >= 0.6 is 0 Å². The van der Waals surface area contributed by atoms with E-state index < -0.39 is 0 Å². The van der Waals surface area contributed by atoms with E-state index in [9.17, 15) is 4.79 Å². The summed E-state index contributed by atoms with van der Waals surface area (Å²) in [5, 5.41) is 7.70. The summed E-state index contributed by atoms with van der Waals surface area (Å²) in [6.07, 6.45) is 4.03. The highest BCUT2D eigenvalue weighted by Crippen LogP contribution is 2.28. The van der Waals surface area contributed by atoms with E-state index in [1.54, 1.807) is 6.07 Å². The molecule has 106 valence electrons. The van der Waals surface area contributed by atoms with E-state index in [-0.39, 0.29) is 11.7 Å². The Balaban J connectivity index is 1.62. The smallest absolute Gasteiger partial charge is 0.293 e. The van der Waals surface area contributed by atoms with Gasteiger partial charge in [0.05, 0.1) is 5.69 Å². The molecule has 2 aromatic heterocycles. The van der Waals surface area contributed by atoms with E-state index in [0.717, 1.165) is 42.3 Å². The maximum Gasteiger partial charge on any atom is 0.293 e. The van der Waals surface area contributed by atoms with Gasteiger partial charge >= 0.3 is 0 Å². The molecule has 0 fully saturated rings. The molecule has 21 heavy (non-hydrogen) atoms. The molecular formula is C16H14N2O3. The van der Waals surface area contributed by atoms with Crippen LogP contribution in [-0.4, -0.2) is 11.1 Å². The first-order chi connectivity index (χ1) is 10.3. The molecular weight excluding hydrogens is 268 g/mol. The van der Waals surface area contributed by atoms with Crippen molar-refractivity contribution in [3.63, 3.8) is 0 Å². The van der Waals surface area contributed by atoms with Gasteiger partial charge in [0.15, 0.2) is 5.76 Å². The molecule has 0 atom stereocenters. The van der Waals surface area contributed by atoms with Crippen LogP contribution in [-0.2, 0) is 12.8 Å². The van der Waals surface area contributed by atoms with E-state index in [2.05, 4.69) is 10.5 Å². The summed E-state index contributed by atoms with van der Waals surface area (Å²) in [6, 6.07) is 9.26. The number of aromatic nitrogens is 1. The standard InChI is InChI=1S/C16H14N2O3/c19-15(14-9-10-5-1-4-8-13(10)20-14)17-16-11-6-2-3-7-12(11)18-21-16/h1,4-5,8-9H,2-3,6-7H2,(H,17,19). The Morgan fingerprint density at radius 3 is 2.95 bits per heavy atom. The van der Waals surface area contributed by atoms with E-state index in [1.165, 1.54) is 0 Å².